The Kier molecular flexibility index (Phi) is 5.50. The summed E-state index contributed by atoms with van der Waals surface area (Å²) in [5, 5.41) is 2.42. The van der Waals surface area contributed by atoms with Gasteiger partial charge in [0.2, 0.25) is 5.91 Å². The zero-order valence-electron chi connectivity index (χ0n) is 13.6. The van der Waals surface area contributed by atoms with Crippen LogP contribution in [0.1, 0.15) is 5.56 Å². The Balaban J connectivity index is 1.61. The first-order chi connectivity index (χ1) is 12.8. The van der Waals surface area contributed by atoms with Crippen molar-refractivity contribution in [2.45, 2.75) is 11.4 Å². The van der Waals surface area contributed by atoms with Crippen molar-refractivity contribution >= 4 is 23.4 Å². The molecule has 0 radical (unpaired) electrons. The van der Waals surface area contributed by atoms with Crippen LogP contribution in [0.5, 0.6) is 0 Å². The highest BCUT2D eigenvalue weighted by Crippen LogP contribution is 2.34. The summed E-state index contributed by atoms with van der Waals surface area (Å²) in [6.45, 7) is 0. The maximum Gasteiger partial charge on any atom is 0.418 e. The van der Waals surface area contributed by atoms with Crippen LogP contribution < -0.4 is 5.32 Å². The Morgan fingerprint density at radius 1 is 1.11 bits per heavy atom. The van der Waals surface area contributed by atoms with E-state index in [0.717, 1.165) is 17.8 Å². The molecule has 1 aromatic heterocycles. The summed E-state index contributed by atoms with van der Waals surface area (Å²) in [7, 11) is 0. The third-order valence-electron chi connectivity index (χ3n) is 3.45. The van der Waals surface area contributed by atoms with Crippen LogP contribution in [-0.4, -0.2) is 16.6 Å². The van der Waals surface area contributed by atoms with Crippen molar-refractivity contribution in [2.75, 3.05) is 11.1 Å². The Morgan fingerprint density at radius 2 is 1.81 bits per heavy atom. The fourth-order valence-corrected chi connectivity index (χ4v) is 2.83. The molecule has 3 aromatic rings. The van der Waals surface area contributed by atoms with Crippen LogP contribution in [-0.2, 0) is 11.0 Å². The zero-order chi connectivity index (χ0) is 19.4. The Labute approximate surface area is 155 Å². The summed E-state index contributed by atoms with van der Waals surface area (Å²) < 4.78 is 57.2. The first-order valence-electron chi connectivity index (χ1n) is 7.63. The van der Waals surface area contributed by atoms with Crippen molar-refractivity contribution in [1.29, 1.82) is 0 Å². The molecule has 1 heterocycles. The van der Waals surface area contributed by atoms with E-state index in [0.29, 0.717) is 11.3 Å². The molecule has 27 heavy (non-hydrogen) atoms. The number of hydrogen-bond acceptors (Lipinski definition) is 4. The molecular weight excluding hydrogens is 384 g/mol. The van der Waals surface area contributed by atoms with Crippen LogP contribution in [0.3, 0.4) is 0 Å². The topological polar surface area (TPSA) is 55.1 Å². The molecule has 1 amide bonds. The molecule has 1 N–H and O–H groups in total. The minimum Gasteiger partial charge on any atom is -0.431 e. The Hall–Kier alpha value is -2.81. The standard InChI is InChI=1S/C18H12F4N2O2S/c19-12-7-5-11(6-8-12)15-9-23-17(26-15)27-10-16(25)24-14-4-2-1-3-13(14)18(20,21)22/h1-9H,10H2,(H,24,25). The second-order valence-electron chi connectivity index (χ2n) is 5.38. The number of nitrogens with one attached hydrogen (secondary N) is 1. The van der Waals surface area contributed by atoms with Crippen LogP contribution in [0.2, 0.25) is 0 Å². The van der Waals surface area contributed by atoms with Crippen molar-refractivity contribution in [3.63, 3.8) is 0 Å². The lowest BCUT2D eigenvalue weighted by Gasteiger charge is -2.13. The molecule has 0 saturated carbocycles. The van der Waals surface area contributed by atoms with Gasteiger partial charge in [-0.25, -0.2) is 9.37 Å². The lowest BCUT2D eigenvalue weighted by molar-refractivity contribution is -0.137. The van der Waals surface area contributed by atoms with E-state index in [1.54, 1.807) is 0 Å². The number of aromatic nitrogens is 1. The molecule has 0 unspecified atom stereocenters. The third-order valence-corrected chi connectivity index (χ3v) is 4.29. The molecule has 2 aromatic carbocycles. The molecule has 3 rings (SSSR count). The molecule has 0 aliphatic carbocycles. The van der Waals surface area contributed by atoms with Crippen molar-refractivity contribution in [3.8, 4) is 11.3 Å². The Morgan fingerprint density at radius 3 is 2.52 bits per heavy atom. The molecule has 0 atom stereocenters. The van der Waals surface area contributed by atoms with Crippen molar-refractivity contribution in [3.05, 3.63) is 66.1 Å². The number of anilines is 1. The predicted molar refractivity (Wildman–Crippen MR) is 92.7 cm³/mol. The normalized spacial score (nSPS) is 11.4. The molecule has 140 valence electrons. The summed E-state index contributed by atoms with van der Waals surface area (Å²) in [6.07, 6.45) is -3.14. The van der Waals surface area contributed by atoms with Crippen molar-refractivity contribution in [1.82, 2.24) is 4.98 Å². The Bertz CT molecular complexity index is 939. The number of para-hydroxylation sites is 1. The van der Waals surface area contributed by atoms with Gasteiger partial charge in [-0.2, -0.15) is 13.2 Å². The minimum atomic E-state index is -4.57. The number of rotatable bonds is 5. The zero-order valence-corrected chi connectivity index (χ0v) is 14.4. The maximum absolute atomic E-state index is 12.9. The fourth-order valence-electron chi connectivity index (χ4n) is 2.23. The number of halogens is 4. The molecule has 4 nitrogen and oxygen atoms in total. The number of carbonyl (C=O) groups excluding carboxylic acids is 1. The summed E-state index contributed by atoms with van der Waals surface area (Å²) in [5.74, 6) is -0.808. The first-order valence-corrected chi connectivity index (χ1v) is 8.62. The molecule has 0 aliphatic rings. The van der Waals surface area contributed by atoms with Gasteiger partial charge >= 0.3 is 6.18 Å². The van der Waals surface area contributed by atoms with Gasteiger partial charge in [-0.1, -0.05) is 23.9 Å². The lowest BCUT2D eigenvalue weighted by Crippen LogP contribution is -2.18. The third kappa shape index (κ3) is 4.88. The molecule has 0 spiro atoms. The van der Waals surface area contributed by atoms with E-state index in [1.807, 2.05) is 0 Å². The highest BCUT2D eigenvalue weighted by atomic mass is 32.2. The van der Waals surface area contributed by atoms with Gasteiger partial charge in [0.25, 0.3) is 5.22 Å². The summed E-state index contributed by atoms with van der Waals surface area (Å²) in [6, 6.07) is 10.3. The molecule has 0 fully saturated rings. The fraction of sp³-hybridized carbons (Fsp3) is 0.111. The van der Waals surface area contributed by atoms with Gasteiger partial charge in [0.15, 0.2) is 5.76 Å². The second kappa shape index (κ2) is 7.83. The SMILES string of the molecule is O=C(CSc1ncc(-c2ccc(F)cc2)o1)Nc1ccccc1C(F)(F)F. The van der Waals surface area contributed by atoms with E-state index in [2.05, 4.69) is 10.3 Å². The van der Waals surface area contributed by atoms with Gasteiger partial charge in [0.05, 0.1) is 23.2 Å². The summed E-state index contributed by atoms with van der Waals surface area (Å²) >= 11 is 0.935. The number of benzene rings is 2. The minimum absolute atomic E-state index is 0.175. The molecule has 0 aliphatic heterocycles. The van der Waals surface area contributed by atoms with Gasteiger partial charge in [-0.3, -0.25) is 4.79 Å². The van der Waals surface area contributed by atoms with E-state index in [4.69, 9.17) is 4.42 Å². The molecule has 0 saturated heterocycles. The van der Waals surface area contributed by atoms with E-state index >= 15 is 0 Å². The van der Waals surface area contributed by atoms with Gasteiger partial charge in [-0.05, 0) is 36.4 Å². The van der Waals surface area contributed by atoms with E-state index in [1.165, 1.54) is 48.7 Å². The molecule has 9 heteroatoms. The number of alkyl halides is 3. The number of hydrogen-bond donors (Lipinski definition) is 1. The number of nitrogens with zero attached hydrogens (tertiary/aromatic N) is 1. The van der Waals surface area contributed by atoms with Crippen molar-refractivity contribution < 1.29 is 26.8 Å². The average molecular weight is 396 g/mol. The van der Waals surface area contributed by atoms with Crippen LogP contribution in [0, 0.1) is 5.82 Å². The second-order valence-corrected chi connectivity index (χ2v) is 6.30. The van der Waals surface area contributed by atoms with Gasteiger partial charge in [0, 0.05) is 5.56 Å². The van der Waals surface area contributed by atoms with Gasteiger partial charge in [0.1, 0.15) is 5.82 Å². The van der Waals surface area contributed by atoms with Gasteiger partial charge in [-0.15, -0.1) is 0 Å². The summed E-state index contributed by atoms with van der Waals surface area (Å²) in [5.41, 5.74) is -0.618. The quantitative estimate of drug-likeness (QED) is 0.474. The highest BCUT2D eigenvalue weighted by molar-refractivity contribution is 7.99. The first kappa shape index (κ1) is 19.0. The van der Waals surface area contributed by atoms with Crippen LogP contribution in [0.4, 0.5) is 23.2 Å². The number of amides is 1. The van der Waals surface area contributed by atoms with E-state index in [-0.39, 0.29) is 22.5 Å². The maximum atomic E-state index is 12.9. The molecular formula is C18H12F4N2O2S. The van der Waals surface area contributed by atoms with E-state index < -0.39 is 17.6 Å². The van der Waals surface area contributed by atoms with E-state index in [9.17, 15) is 22.4 Å². The largest absolute Gasteiger partial charge is 0.431 e. The van der Waals surface area contributed by atoms with Crippen molar-refractivity contribution in [2.24, 2.45) is 0 Å². The number of oxazole rings is 1. The highest BCUT2D eigenvalue weighted by Gasteiger charge is 2.33. The van der Waals surface area contributed by atoms with Crippen LogP contribution >= 0.6 is 11.8 Å². The monoisotopic (exact) mass is 396 g/mol. The van der Waals surface area contributed by atoms with Crippen LogP contribution in [0.25, 0.3) is 11.3 Å². The number of carbonyl (C=O) groups is 1. The predicted octanol–water partition coefficient (Wildman–Crippen LogP) is 5.23. The number of thioether (sulfide) groups is 1. The molecule has 0 bridgehead atoms. The lowest BCUT2D eigenvalue weighted by atomic mass is 10.1. The smallest absolute Gasteiger partial charge is 0.418 e. The van der Waals surface area contributed by atoms with Gasteiger partial charge < -0.3 is 9.73 Å². The average Bonchev–Trinajstić information content (AvgIpc) is 3.09. The van der Waals surface area contributed by atoms with Crippen LogP contribution in [0.15, 0.2) is 64.4 Å². The summed E-state index contributed by atoms with van der Waals surface area (Å²) in [4.78, 5) is 16.0.